The van der Waals surface area contributed by atoms with Crippen LogP contribution in [0.15, 0.2) is 12.3 Å². The van der Waals surface area contributed by atoms with Crippen LogP contribution in [0, 0.1) is 0 Å². The second-order valence-corrected chi connectivity index (χ2v) is 5.09. The first kappa shape index (κ1) is 13.1. The van der Waals surface area contributed by atoms with Gasteiger partial charge in [0.2, 0.25) is 0 Å². The minimum atomic E-state index is 0.439. The molecule has 5 heteroatoms. The van der Waals surface area contributed by atoms with Crippen molar-refractivity contribution in [3.8, 4) is 0 Å². The van der Waals surface area contributed by atoms with Crippen molar-refractivity contribution in [2.24, 2.45) is 0 Å². The maximum absolute atomic E-state index is 6.15. The van der Waals surface area contributed by atoms with Gasteiger partial charge in [0.25, 0.3) is 0 Å². The zero-order valence-electron chi connectivity index (χ0n) is 9.83. The monoisotopic (exact) mass is 274 g/mol. The van der Waals surface area contributed by atoms with Crippen LogP contribution in [-0.4, -0.2) is 36.2 Å². The molecule has 0 N–H and O–H groups in total. The van der Waals surface area contributed by atoms with Gasteiger partial charge in [-0.15, -0.1) is 0 Å². The van der Waals surface area contributed by atoms with E-state index >= 15 is 0 Å². The Labute approximate surface area is 112 Å². The normalized spacial score (nSPS) is 15.5. The maximum Gasteiger partial charge on any atom is 0.130 e. The Balaban J connectivity index is 2.00. The zero-order valence-corrected chi connectivity index (χ0v) is 11.3. The molecule has 94 valence electrons. The minimum Gasteiger partial charge on any atom is -0.383 e. The highest BCUT2D eigenvalue weighted by molar-refractivity contribution is 6.34. The molecule has 1 aromatic rings. The first-order valence-corrected chi connectivity index (χ1v) is 6.49. The lowest BCUT2D eigenvalue weighted by molar-refractivity contribution is 0.139. The number of aromatic nitrogens is 1. The van der Waals surface area contributed by atoms with Crippen LogP contribution in [0.2, 0.25) is 10.2 Å². The van der Waals surface area contributed by atoms with E-state index in [0.717, 1.165) is 25.3 Å². The van der Waals surface area contributed by atoms with Gasteiger partial charge in [0.05, 0.1) is 6.61 Å². The van der Waals surface area contributed by atoms with Crippen LogP contribution in [0.1, 0.15) is 18.4 Å². The van der Waals surface area contributed by atoms with Gasteiger partial charge in [0.15, 0.2) is 0 Å². The van der Waals surface area contributed by atoms with Gasteiger partial charge < -0.3 is 4.74 Å². The molecule has 0 aliphatic heterocycles. The second-order valence-electron chi connectivity index (χ2n) is 4.29. The molecule has 1 aliphatic rings. The molecule has 1 saturated carbocycles. The highest BCUT2D eigenvalue weighted by Gasteiger charge is 2.28. The first-order chi connectivity index (χ1) is 8.20. The molecule has 0 radical (unpaired) electrons. The number of pyridine rings is 1. The summed E-state index contributed by atoms with van der Waals surface area (Å²) in [5.41, 5.74) is 1.03. The lowest BCUT2D eigenvalue weighted by Gasteiger charge is -2.21. The average Bonchev–Trinajstić information content (AvgIpc) is 3.11. The number of hydrogen-bond donors (Lipinski definition) is 0. The Morgan fingerprint density at radius 2 is 2.24 bits per heavy atom. The highest BCUT2D eigenvalue weighted by Crippen LogP contribution is 2.29. The van der Waals surface area contributed by atoms with E-state index in [1.807, 2.05) is 0 Å². The van der Waals surface area contributed by atoms with E-state index in [2.05, 4.69) is 9.88 Å². The fourth-order valence-corrected chi connectivity index (χ4v) is 2.24. The van der Waals surface area contributed by atoms with Crippen LogP contribution in [-0.2, 0) is 11.3 Å². The van der Waals surface area contributed by atoms with Crippen LogP contribution in [0.4, 0.5) is 0 Å². The van der Waals surface area contributed by atoms with Crippen LogP contribution in [0.5, 0.6) is 0 Å². The molecular formula is C12H16Cl2N2O. The van der Waals surface area contributed by atoms with Crippen LogP contribution < -0.4 is 0 Å². The van der Waals surface area contributed by atoms with E-state index in [9.17, 15) is 0 Å². The SMILES string of the molecule is COCCN(Cc1cnc(Cl)cc1Cl)C1CC1. The molecular weight excluding hydrogens is 259 g/mol. The van der Waals surface area contributed by atoms with Gasteiger partial charge in [0, 0.05) is 43.0 Å². The number of ether oxygens (including phenoxy) is 1. The van der Waals surface area contributed by atoms with Crippen LogP contribution >= 0.6 is 23.2 Å². The number of rotatable bonds is 6. The molecule has 0 saturated heterocycles. The topological polar surface area (TPSA) is 25.4 Å². The first-order valence-electron chi connectivity index (χ1n) is 5.73. The van der Waals surface area contributed by atoms with Crippen molar-refractivity contribution in [2.75, 3.05) is 20.3 Å². The Morgan fingerprint density at radius 1 is 1.47 bits per heavy atom. The third-order valence-corrected chi connectivity index (χ3v) is 3.47. The summed E-state index contributed by atoms with van der Waals surface area (Å²) in [5, 5.41) is 1.13. The number of methoxy groups -OCH3 is 1. The van der Waals surface area contributed by atoms with Gasteiger partial charge in [-0.25, -0.2) is 4.98 Å². The summed E-state index contributed by atoms with van der Waals surface area (Å²) in [6.07, 6.45) is 4.29. The summed E-state index contributed by atoms with van der Waals surface area (Å²) in [7, 11) is 1.72. The molecule has 0 spiro atoms. The van der Waals surface area contributed by atoms with Crippen molar-refractivity contribution in [1.29, 1.82) is 0 Å². The van der Waals surface area contributed by atoms with Crippen molar-refractivity contribution in [3.05, 3.63) is 28.0 Å². The molecule has 1 aromatic heterocycles. The van der Waals surface area contributed by atoms with E-state index < -0.39 is 0 Å². The van der Waals surface area contributed by atoms with Crippen molar-refractivity contribution in [2.45, 2.75) is 25.4 Å². The predicted molar refractivity (Wildman–Crippen MR) is 69.6 cm³/mol. The van der Waals surface area contributed by atoms with Gasteiger partial charge >= 0.3 is 0 Å². The van der Waals surface area contributed by atoms with Crippen LogP contribution in [0.3, 0.4) is 0 Å². The molecule has 3 nitrogen and oxygen atoms in total. The smallest absolute Gasteiger partial charge is 0.130 e. The quantitative estimate of drug-likeness (QED) is 0.746. The number of hydrogen-bond acceptors (Lipinski definition) is 3. The molecule has 1 fully saturated rings. The van der Waals surface area contributed by atoms with Crippen molar-refractivity contribution >= 4 is 23.2 Å². The fourth-order valence-electron chi connectivity index (χ4n) is 1.81. The molecule has 1 heterocycles. The molecule has 0 aromatic carbocycles. The van der Waals surface area contributed by atoms with Crippen LogP contribution in [0.25, 0.3) is 0 Å². The third kappa shape index (κ3) is 3.81. The second kappa shape index (κ2) is 6.01. The summed E-state index contributed by atoms with van der Waals surface area (Å²) in [4.78, 5) is 6.47. The van der Waals surface area contributed by atoms with Crippen molar-refractivity contribution in [1.82, 2.24) is 9.88 Å². The fraction of sp³-hybridized carbons (Fsp3) is 0.583. The molecule has 1 aliphatic carbocycles. The van der Waals surface area contributed by atoms with Crippen molar-refractivity contribution < 1.29 is 4.74 Å². The Bertz CT molecular complexity index is 383. The Morgan fingerprint density at radius 3 is 2.82 bits per heavy atom. The standard InChI is InChI=1S/C12H16Cl2N2O/c1-17-5-4-16(10-2-3-10)8-9-7-15-12(14)6-11(9)13/h6-7,10H,2-5,8H2,1H3. The van der Waals surface area contributed by atoms with Gasteiger partial charge in [-0.05, 0) is 18.9 Å². The Kier molecular flexibility index (Phi) is 4.62. The molecule has 0 amide bonds. The Hall–Kier alpha value is -0.350. The highest BCUT2D eigenvalue weighted by atomic mass is 35.5. The van der Waals surface area contributed by atoms with E-state index in [4.69, 9.17) is 27.9 Å². The van der Waals surface area contributed by atoms with Gasteiger partial charge in [-0.1, -0.05) is 23.2 Å². The van der Waals surface area contributed by atoms with Gasteiger partial charge in [0.1, 0.15) is 5.15 Å². The minimum absolute atomic E-state index is 0.439. The summed E-state index contributed by atoms with van der Waals surface area (Å²) in [6.45, 7) is 2.49. The van der Waals surface area contributed by atoms with E-state index in [-0.39, 0.29) is 0 Å². The van der Waals surface area contributed by atoms with Gasteiger partial charge in [-0.2, -0.15) is 0 Å². The lowest BCUT2D eigenvalue weighted by atomic mass is 10.2. The number of nitrogens with zero attached hydrogens (tertiary/aromatic N) is 2. The summed E-state index contributed by atoms with van der Waals surface area (Å²) in [6, 6.07) is 2.37. The average molecular weight is 275 g/mol. The molecule has 17 heavy (non-hydrogen) atoms. The molecule has 0 unspecified atom stereocenters. The summed E-state index contributed by atoms with van der Waals surface area (Å²) < 4.78 is 5.13. The van der Waals surface area contributed by atoms with E-state index in [0.29, 0.717) is 16.2 Å². The largest absolute Gasteiger partial charge is 0.383 e. The number of halogens is 2. The van der Waals surface area contributed by atoms with E-state index in [1.165, 1.54) is 12.8 Å². The van der Waals surface area contributed by atoms with E-state index in [1.54, 1.807) is 19.4 Å². The predicted octanol–water partition coefficient (Wildman–Crippen LogP) is 3.00. The van der Waals surface area contributed by atoms with Gasteiger partial charge in [-0.3, -0.25) is 4.90 Å². The summed E-state index contributed by atoms with van der Waals surface area (Å²) in [5.74, 6) is 0. The summed E-state index contributed by atoms with van der Waals surface area (Å²) >= 11 is 11.9. The van der Waals surface area contributed by atoms with Crippen molar-refractivity contribution in [3.63, 3.8) is 0 Å². The maximum atomic E-state index is 6.15. The zero-order chi connectivity index (χ0) is 12.3. The molecule has 2 rings (SSSR count). The third-order valence-electron chi connectivity index (χ3n) is 2.92. The lowest BCUT2D eigenvalue weighted by Crippen LogP contribution is -2.29. The molecule has 0 bridgehead atoms. The molecule has 0 atom stereocenters.